The first-order chi connectivity index (χ1) is 9.11. The fraction of sp³-hybridized carbons (Fsp3) is 0.647. The van der Waals surface area contributed by atoms with Gasteiger partial charge in [0.2, 0.25) is 0 Å². The molecule has 106 valence electrons. The van der Waals surface area contributed by atoms with E-state index in [-0.39, 0.29) is 12.1 Å². The molecule has 1 saturated carbocycles. The number of benzene rings is 1. The summed E-state index contributed by atoms with van der Waals surface area (Å²) < 4.78 is 6.27. The van der Waals surface area contributed by atoms with Crippen LogP contribution in [0.2, 0.25) is 0 Å². The molecule has 2 nitrogen and oxygen atoms in total. The fourth-order valence-corrected chi connectivity index (χ4v) is 2.97. The van der Waals surface area contributed by atoms with Crippen molar-refractivity contribution >= 4 is 0 Å². The Bertz CT molecular complexity index is 402. The Morgan fingerprint density at radius 2 is 2.00 bits per heavy atom. The molecule has 0 bridgehead atoms. The third-order valence-electron chi connectivity index (χ3n) is 4.35. The Balaban J connectivity index is 2.11. The number of nitrogens with two attached hydrogens (primary N) is 1. The molecule has 2 rings (SSSR count). The van der Waals surface area contributed by atoms with Crippen molar-refractivity contribution in [1.82, 2.24) is 0 Å². The van der Waals surface area contributed by atoms with Crippen molar-refractivity contribution in [3.05, 3.63) is 29.8 Å². The predicted molar refractivity (Wildman–Crippen MR) is 80.6 cm³/mol. The smallest absolute Gasteiger partial charge is 0.123 e. The van der Waals surface area contributed by atoms with Gasteiger partial charge >= 0.3 is 0 Å². The van der Waals surface area contributed by atoms with Crippen LogP contribution in [-0.2, 0) is 0 Å². The zero-order valence-corrected chi connectivity index (χ0v) is 12.4. The number of ether oxygens (including phenoxy) is 1. The van der Waals surface area contributed by atoms with Crippen LogP contribution in [0.5, 0.6) is 5.75 Å². The van der Waals surface area contributed by atoms with Crippen LogP contribution in [0.1, 0.15) is 57.9 Å². The molecule has 1 aromatic carbocycles. The van der Waals surface area contributed by atoms with E-state index in [9.17, 15) is 0 Å². The van der Waals surface area contributed by atoms with E-state index in [4.69, 9.17) is 10.5 Å². The van der Waals surface area contributed by atoms with Gasteiger partial charge in [0, 0.05) is 6.04 Å². The van der Waals surface area contributed by atoms with Crippen molar-refractivity contribution in [3.8, 4) is 5.75 Å². The maximum Gasteiger partial charge on any atom is 0.123 e. The molecule has 0 radical (unpaired) electrons. The highest BCUT2D eigenvalue weighted by Gasteiger charge is 2.29. The van der Waals surface area contributed by atoms with Gasteiger partial charge in [-0.1, -0.05) is 45.4 Å². The zero-order chi connectivity index (χ0) is 13.8. The van der Waals surface area contributed by atoms with Crippen LogP contribution < -0.4 is 10.5 Å². The van der Waals surface area contributed by atoms with Crippen LogP contribution in [-0.4, -0.2) is 12.1 Å². The quantitative estimate of drug-likeness (QED) is 0.885. The summed E-state index contributed by atoms with van der Waals surface area (Å²) >= 11 is 0. The summed E-state index contributed by atoms with van der Waals surface area (Å²) in [5.41, 5.74) is 7.53. The monoisotopic (exact) mass is 261 g/mol. The van der Waals surface area contributed by atoms with E-state index >= 15 is 0 Å². The molecule has 2 heteroatoms. The van der Waals surface area contributed by atoms with Gasteiger partial charge in [0.1, 0.15) is 11.9 Å². The summed E-state index contributed by atoms with van der Waals surface area (Å²) in [7, 11) is 0. The van der Waals surface area contributed by atoms with Crippen molar-refractivity contribution in [2.24, 2.45) is 11.7 Å². The van der Waals surface area contributed by atoms with Gasteiger partial charge in [-0.25, -0.2) is 0 Å². The summed E-state index contributed by atoms with van der Waals surface area (Å²) in [6, 6.07) is 8.55. The Morgan fingerprint density at radius 1 is 1.26 bits per heavy atom. The van der Waals surface area contributed by atoms with E-state index in [0.29, 0.717) is 5.92 Å². The first kappa shape index (κ1) is 14.4. The largest absolute Gasteiger partial charge is 0.489 e. The molecule has 19 heavy (non-hydrogen) atoms. The molecule has 3 unspecified atom stereocenters. The lowest BCUT2D eigenvalue weighted by molar-refractivity contribution is 0.0999. The second-order valence-electron chi connectivity index (χ2n) is 6.10. The van der Waals surface area contributed by atoms with Gasteiger partial charge in [-0.3, -0.25) is 0 Å². The van der Waals surface area contributed by atoms with E-state index in [1.54, 1.807) is 0 Å². The lowest BCUT2D eigenvalue weighted by Crippen LogP contribution is -2.44. The molecule has 1 fully saturated rings. The van der Waals surface area contributed by atoms with E-state index in [1.807, 2.05) is 6.07 Å². The molecule has 0 amide bonds. The van der Waals surface area contributed by atoms with Gasteiger partial charge in [-0.15, -0.1) is 0 Å². The fourth-order valence-electron chi connectivity index (χ4n) is 2.97. The second kappa shape index (κ2) is 6.42. The van der Waals surface area contributed by atoms with Crippen molar-refractivity contribution in [2.75, 3.05) is 0 Å². The highest BCUT2D eigenvalue weighted by atomic mass is 16.5. The van der Waals surface area contributed by atoms with Gasteiger partial charge in [0.05, 0.1) is 0 Å². The number of para-hydroxylation sites is 1. The Labute approximate surface area is 117 Å². The summed E-state index contributed by atoms with van der Waals surface area (Å²) in [5, 5.41) is 0. The molecular formula is C17H27NO. The van der Waals surface area contributed by atoms with Crippen LogP contribution in [0.3, 0.4) is 0 Å². The van der Waals surface area contributed by atoms with Gasteiger partial charge in [0.25, 0.3) is 0 Å². The maximum atomic E-state index is 6.27. The third-order valence-corrected chi connectivity index (χ3v) is 4.35. The average Bonchev–Trinajstić information content (AvgIpc) is 2.41. The van der Waals surface area contributed by atoms with E-state index < -0.39 is 0 Å². The van der Waals surface area contributed by atoms with Crippen LogP contribution in [0.15, 0.2) is 24.3 Å². The molecule has 1 aliphatic carbocycles. The first-order valence-corrected chi connectivity index (χ1v) is 7.63. The van der Waals surface area contributed by atoms with Gasteiger partial charge < -0.3 is 10.5 Å². The highest BCUT2D eigenvalue weighted by Crippen LogP contribution is 2.32. The van der Waals surface area contributed by atoms with E-state index in [2.05, 4.69) is 39.0 Å². The molecule has 3 atom stereocenters. The van der Waals surface area contributed by atoms with Crippen molar-refractivity contribution in [1.29, 1.82) is 0 Å². The summed E-state index contributed by atoms with van der Waals surface area (Å²) in [6.45, 7) is 6.68. The van der Waals surface area contributed by atoms with Crippen LogP contribution in [0.25, 0.3) is 0 Å². The standard InChI is InChI=1S/C17H27NO/c1-4-13-9-10-15(18)17(11-13)19-16-8-6-5-7-14(16)12(2)3/h5-8,12-13,15,17H,4,9-11,18H2,1-3H3. The van der Waals surface area contributed by atoms with Gasteiger partial charge in [-0.2, -0.15) is 0 Å². The normalized spacial score (nSPS) is 27.5. The topological polar surface area (TPSA) is 35.2 Å². The Hall–Kier alpha value is -1.02. The number of hydrogen-bond acceptors (Lipinski definition) is 2. The molecule has 0 aliphatic heterocycles. The zero-order valence-electron chi connectivity index (χ0n) is 12.4. The van der Waals surface area contributed by atoms with E-state index in [0.717, 1.165) is 24.5 Å². The Kier molecular flexibility index (Phi) is 4.87. The molecule has 0 heterocycles. The van der Waals surface area contributed by atoms with Crippen LogP contribution in [0, 0.1) is 5.92 Å². The van der Waals surface area contributed by atoms with Crippen molar-refractivity contribution in [3.63, 3.8) is 0 Å². The highest BCUT2D eigenvalue weighted by molar-refractivity contribution is 5.35. The van der Waals surface area contributed by atoms with Crippen molar-refractivity contribution < 1.29 is 4.74 Å². The minimum absolute atomic E-state index is 0.179. The second-order valence-corrected chi connectivity index (χ2v) is 6.10. The molecule has 1 aliphatic rings. The molecule has 0 saturated heterocycles. The minimum Gasteiger partial charge on any atom is -0.489 e. The van der Waals surface area contributed by atoms with E-state index in [1.165, 1.54) is 18.4 Å². The minimum atomic E-state index is 0.179. The summed E-state index contributed by atoms with van der Waals surface area (Å²) in [4.78, 5) is 0. The SMILES string of the molecule is CCC1CCC(N)C(Oc2ccccc2C(C)C)C1. The molecular weight excluding hydrogens is 234 g/mol. The maximum absolute atomic E-state index is 6.27. The third kappa shape index (κ3) is 3.50. The summed E-state index contributed by atoms with van der Waals surface area (Å²) in [5.74, 6) is 2.28. The number of hydrogen-bond donors (Lipinski definition) is 1. The Morgan fingerprint density at radius 3 is 2.68 bits per heavy atom. The predicted octanol–water partition coefficient (Wildman–Crippen LogP) is 4.09. The van der Waals surface area contributed by atoms with Gasteiger partial charge in [-0.05, 0) is 42.7 Å². The van der Waals surface area contributed by atoms with Crippen LogP contribution >= 0.6 is 0 Å². The molecule has 0 aromatic heterocycles. The average molecular weight is 261 g/mol. The molecule has 2 N–H and O–H groups in total. The summed E-state index contributed by atoms with van der Waals surface area (Å²) in [6.07, 6.45) is 4.86. The van der Waals surface area contributed by atoms with Crippen molar-refractivity contribution in [2.45, 2.75) is 64.5 Å². The first-order valence-electron chi connectivity index (χ1n) is 7.63. The molecule has 1 aromatic rings. The lowest BCUT2D eigenvalue weighted by Gasteiger charge is -2.34. The van der Waals surface area contributed by atoms with Gasteiger partial charge in [0.15, 0.2) is 0 Å². The molecule has 0 spiro atoms. The number of rotatable bonds is 4. The lowest BCUT2D eigenvalue weighted by atomic mass is 9.83. The van der Waals surface area contributed by atoms with Crippen LogP contribution in [0.4, 0.5) is 0 Å².